The van der Waals surface area contributed by atoms with Crippen LogP contribution < -0.4 is 10.2 Å². The van der Waals surface area contributed by atoms with Crippen molar-refractivity contribution in [2.24, 2.45) is 5.10 Å². The van der Waals surface area contributed by atoms with E-state index in [1.165, 1.54) is 12.3 Å². The lowest BCUT2D eigenvalue weighted by atomic mass is 10.2. The van der Waals surface area contributed by atoms with Crippen molar-refractivity contribution < 1.29 is 19.4 Å². The minimum absolute atomic E-state index is 0.123. The molecule has 0 fully saturated rings. The number of carbonyl (C=O) groups excluding carboxylic acids is 1. The van der Waals surface area contributed by atoms with E-state index in [9.17, 15) is 25.0 Å². The number of carbonyl (C=O) groups is 1. The third-order valence-corrected chi connectivity index (χ3v) is 3.87. The first-order chi connectivity index (χ1) is 14.4. The molecule has 0 aliphatic heterocycles. The SMILES string of the molecule is O=C(N/N=C\c1ccc(Oc2ccc([N+](=O)[O-])cc2[N+](=O)[O-])cc1)c1ccccc1. The Kier molecular flexibility index (Phi) is 6.08. The fraction of sp³-hybridized carbons (Fsp3) is 0. The van der Waals surface area contributed by atoms with Gasteiger partial charge in [0.2, 0.25) is 5.75 Å². The Morgan fingerprint density at radius 1 is 0.933 bits per heavy atom. The minimum Gasteiger partial charge on any atom is -0.450 e. The second kappa shape index (κ2) is 9.06. The van der Waals surface area contributed by atoms with E-state index in [1.807, 2.05) is 0 Å². The van der Waals surface area contributed by atoms with Gasteiger partial charge in [-0.3, -0.25) is 25.0 Å². The van der Waals surface area contributed by atoms with Crippen LogP contribution in [0.15, 0.2) is 77.9 Å². The molecule has 3 aromatic rings. The predicted molar refractivity (Wildman–Crippen MR) is 108 cm³/mol. The van der Waals surface area contributed by atoms with Crippen LogP contribution in [0.5, 0.6) is 11.5 Å². The summed E-state index contributed by atoms with van der Waals surface area (Å²) in [6.07, 6.45) is 1.43. The van der Waals surface area contributed by atoms with Gasteiger partial charge in [-0.15, -0.1) is 0 Å². The molecule has 3 aromatic carbocycles. The molecular formula is C20H14N4O6. The van der Waals surface area contributed by atoms with E-state index in [2.05, 4.69) is 10.5 Å². The number of nitro benzene ring substituents is 2. The van der Waals surface area contributed by atoms with E-state index in [0.717, 1.165) is 12.1 Å². The van der Waals surface area contributed by atoms with E-state index in [0.29, 0.717) is 11.1 Å². The number of nitrogens with zero attached hydrogens (tertiary/aromatic N) is 3. The van der Waals surface area contributed by atoms with E-state index in [4.69, 9.17) is 4.74 Å². The fourth-order valence-electron chi connectivity index (χ4n) is 2.42. The van der Waals surface area contributed by atoms with Crippen molar-refractivity contribution in [3.63, 3.8) is 0 Å². The Bertz CT molecular complexity index is 1110. The van der Waals surface area contributed by atoms with Crippen LogP contribution in [-0.4, -0.2) is 22.0 Å². The molecule has 10 nitrogen and oxygen atoms in total. The maximum Gasteiger partial charge on any atom is 0.318 e. The quantitative estimate of drug-likeness (QED) is 0.357. The van der Waals surface area contributed by atoms with Crippen molar-refractivity contribution in [2.75, 3.05) is 0 Å². The molecule has 0 aromatic heterocycles. The Balaban J connectivity index is 1.67. The third kappa shape index (κ3) is 5.01. The number of benzene rings is 3. The molecule has 0 radical (unpaired) electrons. The Labute approximate surface area is 169 Å². The lowest BCUT2D eigenvalue weighted by molar-refractivity contribution is -0.394. The van der Waals surface area contributed by atoms with Crippen molar-refractivity contribution in [1.29, 1.82) is 0 Å². The summed E-state index contributed by atoms with van der Waals surface area (Å²) >= 11 is 0. The Morgan fingerprint density at radius 2 is 1.63 bits per heavy atom. The van der Waals surface area contributed by atoms with Crippen molar-refractivity contribution in [3.05, 3.63) is 104 Å². The van der Waals surface area contributed by atoms with Crippen LogP contribution in [0.4, 0.5) is 11.4 Å². The van der Waals surface area contributed by atoms with Gasteiger partial charge >= 0.3 is 5.69 Å². The molecule has 1 N–H and O–H groups in total. The molecule has 0 saturated heterocycles. The molecule has 0 spiro atoms. The molecule has 150 valence electrons. The monoisotopic (exact) mass is 406 g/mol. The first-order valence-corrected chi connectivity index (χ1v) is 8.53. The summed E-state index contributed by atoms with van der Waals surface area (Å²) in [5, 5.41) is 25.8. The molecule has 0 aliphatic carbocycles. The highest BCUT2D eigenvalue weighted by Crippen LogP contribution is 2.34. The molecule has 3 rings (SSSR count). The van der Waals surface area contributed by atoms with Crippen molar-refractivity contribution in [2.45, 2.75) is 0 Å². The smallest absolute Gasteiger partial charge is 0.318 e. The maximum atomic E-state index is 11.9. The van der Waals surface area contributed by atoms with Gasteiger partial charge in [0.05, 0.1) is 22.1 Å². The molecular weight excluding hydrogens is 392 g/mol. The van der Waals surface area contributed by atoms with Gasteiger partial charge < -0.3 is 4.74 Å². The summed E-state index contributed by atoms with van der Waals surface area (Å²) < 4.78 is 5.48. The van der Waals surface area contributed by atoms with Crippen LogP contribution >= 0.6 is 0 Å². The number of hydrogen-bond donors (Lipinski definition) is 1. The molecule has 0 unspecified atom stereocenters. The molecule has 0 saturated carbocycles. The number of nitro groups is 2. The highest BCUT2D eigenvalue weighted by molar-refractivity contribution is 5.94. The molecule has 10 heteroatoms. The average molecular weight is 406 g/mol. The largest absolute Gasteiger partial charge is 0.450 e. The number of ether oxygens (including phenoxy) is 1. The summed E-state index contributed by atoms with van der Waals surface area (Å²) in [6.45, 7) is 0. The van der Waals surface area contributed by atoms with E-state index in [-0.39, 0.29) is 17.4 Å². The van der Waals surface area contributed by atoms with Crippen LogP contribution in [0.2, 0.25) is 0 Å². The van der Waals surface area contributed by atoms with Crippen LogP contribution in [0.3, 0.4) is 0 Å². The summed E-state index contributed by atoms with van der Waals surface area (Å²) in [6, 6.07) is 18.1. The fourth-order valence-corrected chi connectivity index (χ4v) is 2.42. The predicted octanol–water partition coefficient (Wildman–Crippen LogP) is 4.06. The first-order valence-electron chi connectivity index (χ1n) is 8.53. The number of hydrazone groups is 1. The number of rotatable bonds is 7. The Morgan fingerprint density at radius 3 is 2.27 bits per heavy atom. The lowest BCUT2D eigenvalue weighted by Gasteiger charge is -2.06. The molecule has 0 bridgehead atoms. The zero-order valence-electron chi connectivity index (χ0n) is 15.3. The number of hydrogen-bond acceptors (Lipinski definition) is 7. The summed E-state index contributed by atoms with van der Waals surface area (Å²) in [7, 11) is 0. The minimum atomic E-state index is -0.751. The van der Waals surface area contributed by atoms with Crippen LogP contribution in [0, 0.1) is 20.2 Å². The number of amides is 1. The van der Waals surface area contributed by atoms with E-state index in [1.54, 1.807) is 54.6 Å². The highest BCUT2D eigenvalue weighted by Gasteiger charge is 2.21. The van der Waals surface area contributed by atoms with E-state index < -0.39 is 21.2 Å². The summed E-state index contributed by atoms with van der Waals surface area (Å²) in [4.78, 5) is 32.4. The first kappa shape index (κ1) is 20.1. The molecule has 0 aliphatic rings. The van der Waals surface area contributed by atoms with Gasteiger partial charge in [0.1, 0.15) is 5.75 Å². The zero-order chi connectivity index (χ0) is 21.5. The third-order valence-electron chi connectivity index (χ3n) is 3.87. The Hall–Kier alpha value is -4.60. The van der Waals surface area contributed by atoms with Crippen LogP contribution in [0.1, 0.15) is 15.9 Å². The highest BCUT2D eigenvalue weighted by atomic mass is 16.6. The van der Waals surface area contributed by atoms with Crippen molar-refractivity contribution in [1.82, 2.24) is 5.43 Å². The topological polar surface area (TPSA) is 137 Å². The molecule has 30 heavy (non-hydrogen) atoms. The van der Waals surface area contributed by atoms with Gasteiger partial charge in [-0.25, -0.2) is 5.43 Å². The van der Waals surface area contributed by atoms with Gasteiger partial charge in [0.15, 0.2) is 0 Å². The molecule has 1 amide bonds. The van der Waals surface area contributed by atoms with Gasteiger partial charge in [-0.1, -0.05) is 18.2 Å². The number of nitrogens with one attached hydrogen (secondary N) is 1. The van der Waals surface area contributed by atoms with Gasteiger partial charge in [0.25, 0.3) is 11.6 Å². The summed E-state index contributed by atoms with van der Waals surface area (Å²) in [5.41, 5.74) is 2.61. The van der Waals surface area contributed by atoms with Crippen LogP contribution in [-0.2, 0) is 0 Å². The zero-order valence-corrected chi connectivity index (χ0v) is 15.3. The van der Waals surface area contributed by atoms with Gasteiger partial charge in [-0.2, -0.15) is 5.10 Å². The standard InChI is InChI=1S/C20H14N4O6/c25-20(15-4-2-1-3-5-15)22-21-13-14-6-9-17(10-7-14)30-19-11-8-16(23(26)27)12-18(19)24(28)29/h1-13H,(H,22,25)/b21-13-. The van der Waals surface area contributed by atoms with Crippen molar-refractivity contribution in [3.8, 4) is 11.5 Å². The van der Waals surface area contributed by atoms with Gasteiger partial charge in [0, 0.05) is 11.6 Å². The van der Waals surface area contributed by atoms with Gasteiger partial charge in [-0.05, 0) is 48.0 Å². The van der Waals surface area contributed by atoms with E-state index >= 15 is 0 Å². The molecule has 0 atom stereocenters. The second-order valence-corrected chi connectivity index (χ2v) is 5.90. The second-order valence-electron chi connectivity index (χ2n) is 5.90. The van der Waals surface area contributed by atoms with Crippen molar-refractivity contribution >= 4 is 23.5 Å². The summed E-state index contributed by atoms with van der Waals surface area (Å²) in [5.74, 6) is -0.183. The number of non-ortho nitro benzene ring substituents is 1. The average Bonchev–Trinajstić information content (AvgIpc) is 2.75. The maximum absolute atomic E-state index is 11.9. The normalized spacial score (nSPS) is 10.5. The lowest BCUT2D eigenvalue weighted by Crippen LogP contribution is -2.17. The molecule has 0 heterocycles. The van der Waals surface area contributed by atoms with Crippen LogP contribution in [0.25, 0.3) is 0 Å².